The summed E-state index contributed by atoms with van der Waals surface area (Å²) in [5, 5.41) is 30.2. The van der Waals surface area contributed by atoms with E-state index in [9.17, 15) is 28.3 Å². The number of halogens is 2. The Morgan fingerprint density at radius 1 is 1.24 bits per heavy atom. The van der Waals surface area contributed by atoms with Gasteiger partial charge in [0, 0.05) is 6.42 Å². The van der Waals surface area contributed by atoms with Crippen molar-refractivity contribution in [1.29, 1.82) is 0 Å². The largest absolute Gasteiger partial charge is 1.00 e. The van der Waals surface area contributed by atoms with Crippen LogP contribution in [0.4, 0.5) is 0 Å². The molecule has 0 aromatic heterocycles. The Morgan fingerprint density at radius 3 is 2.39 bits per heavy atom. The molecule has 0 aliphatic heterocycles. The van der Waals surface area contributed by atoms with Crippen LogP contribution in [0.25, 0.3) is 0 Å². The summed E-state index contributed by atoms with van der Waals surface area (Å²) >= 11 is 3.07. The summed E-state index contributed by atoms with van der Waals surface area (Å²) < 4.78 is 28.4. The van der Waals surface area contributed by atoms with Crippen LogP contribution in [0.2, 0.25) is 0 Å². The summed E-state index contributed by atoms with van der Waals surface area (Å²) in [7, 11) is -4.02. The molecule has 3 saturated carbocycles. The molecule has 0 aromatic rings. The summed E-state index contributed by atoms with van der Waals surface area (Å²) in [5.74, 6) is 2.11. The zero-order chi connectivity index (χ0) is 28.2. The van der Waals surface area contributed by atoms with Gasteiger partial charge in [-0.25, -0.2) is 8.42 Å². The van der Waals surface area contributed by atoms with Gasteiger partial charge in [-0.05, 0) is 93.1 Å². The van der Waals surface area contributed by atoms with Gasteiger partial charge in [0.25, 0.3) is 0 Å². The van der Waals surface area contributed by atoms with Crippen molar-refractivity contribution in [2.24, 2.45) is 23.2 Å². The van der Waals surface area contributed by atoms with E-state index in [4.69, 9.17) is 0 Å². The average molecular weight is 787 g/mol. The first-order valence-electron chi connectivity index (χ1n) is 13.4. The minimum absolute atomic E-state index is 0. The zero-order valence-corrected chi connectivity index (χ0v) is 30.8. The predicted octanol–water partition coefficient (Wildman–Crippen LogP) is 3.39. The van der Waals surface area contributed by atoms with Crippen molar-refractivity contribution in [3.05, 3.63) is 35.5 Å². The fourth-order valence-corrected chi connectivity index (χ4v) is 6.74. The van der Waals surface area contributed by atoms with Gasteiger partial charge in [0.05, 0.1) is 17.8 Å². The van der Waals surface area contributed by atoms with Crippen LogP contribution in [0.15, 0.2) is 35.5 Å². The van der Waals surface area contributed by atoms with E-state index < -0.39 is 29.2 Å². The van der Waals surface area contributed by atoms with E-state index in [2.05, 4.69) is 32.6 Å². The van der Waals surface area contributed by atoms with Crippen molar-refractivity contribution in [2.75, 3.05) is 0 Å². The number of allylic oxidation sites excluding steroid dienone is 3. The van der Waals surface area contributed by atoms with Crippen molar-refractivity contribution in [1.82, 2.24) is 0 Å². The number of rotatable bonds is 7. The van der Waals surface area contributed by atoms with E-state index in [0.29, 0.717) is 30.1 Å². The fourth-order valence-electron chi connectivity index (χ4n) is 6.74. The van der Waals surface area contributed by atoms with E-state index in [1.165, 1.54) is 83.7 Å². The maximum absolute atomic E-state index is 10.1. The van der Waals surface area contributed by atoms with Crippen LogP contribution >= 0.6 is 45.2 Å². The molecule has 214 valence electrons. The molecule has 6 atom stereocenters. The summed E-state index contributed by atoms with van der Waals surface area (Å²) in [6, 6.07) is 0. The molecule has 10 heteroatoms. The van der Waals surface area contributed by atoms with Gasteiger partial charge in [0.15, 0.2) is 1.26 Å². The van der Waals surface area contributed by atoms with Gasteiger partial charge in [0.1, 0.15) is 10.1 Å². The van der Waals surface area contributed by atoms with Gasteiger partial charge < -0.3 is 19.9 Å². The van der Waals surface area contributed by atoms with Gasteiger partial charge >= 0.3 is 29.6 Å². The number of aliphatic hydroxyl groups excluding tert-OH is 2. The van der Waals surface area contributed by atoms with Crippen molar-refractivity contribution in [3.63, 3.8) is 0 Å². The van der Waals surface area contributed by atoms with Gasteiger partial charge in [-0.15, -0.1) is 0 Å². The number of hydrogen-bond donors (Lipinski definition) is 3. The maximum Gasteiger partial charge on any atom is 1.00 e. The van der Waals surface area contributed by atoms with Crippen molar-refractivity contribution in [3.8, 4) is 0 Å². The molecule has 38 heavy (non-hydrogen) atoms. The first kappa shape index (κ1) is 37.5. The summed E-state index contributed by atoms with van der Waals surface area (Å²) in [5.41, 5.74) is 3.17. The second kappa shape index (κ2) is 15.8. The molecule has 3 N–H and O–H groups in total. The molecule has 0 heterocycles. The Hall–Kier alpha value is 1.47. The molecule has 0 spiro atoms. The Morgan fingerprint density at radius 2 is 1.84 bits per heavy atom. The fraction of sp³-hybridized carbons (Fsp3) is 0.786. The van der Waals surface area contributed by atoms with Crippen molar-refractivity contribution in [2.45, 2.75) is 111 Å². The van der Waals surface area contributed by atoms with Gasteiger partial charge in [-0.2, -0.15) is 0 Å². The van der Waals surface area contributed by atoms with Crippen molar-refractivity contribution >= 4 is 55.3 Å². The summed E-state index contributed by atoms with van der Waals surface area (Å²) in [6.07, 6.45) is 13.9. The zero-order valence-electron chi connectivity index (χ0n) is 23.6. The monoisotopic (exact) mass is 786 g/mol. The molecule has 3 fully saturated rings. The third-order valence-corrected chi connectivity index (χ3v) is 12.8. The minimum Gasteiger partial charge on any atom is -0.747 e. The Balaban J connectivity index is 0.000000797. The van der Waals surface area contributed by atoms with Crippen LogP contribution in [-0.4, -0.2) is 47.4 Å². The van der Waals surface area contributed by atoms with Gasteiger partial charge in [-0.1, -0.05) is 96.2 Å². The predicted molar refractivity (Wildman–Crippen MR) is 166 cm³/mol. The third kappa shape index (κ3) is 10.9. The van der Waals surface area contributed by atoms with E-state index in [0.717, 1.165) is 29.9 Å². The van der Waals surface area contributed by atoms with Crippen LogP contribution in [0.5, 0.6) is 0 Å². The van der Waals surface area contributed by atoms with E-state index in [1.807, 2.05) is 13.8 Å². The van der Waals surface area contributed by atoms with Crippen LogP contribution in [0, 0.1) is 23.2 Å². The topological polar surface area (TPSA) is 118 Å². The molecule has 3 aliphatic carbocycles. The molecule has 0 bridgehead atoms. The molecule has 0 saturated heterocycles. The molecule has 6 nitrogen and oxygen atoms in total. The normalized spacial score (nSPS) is 33.0. The standard InChI is InChI=1S/C27H44O3.CH2I2O3S.Na/c1-18(8-6-14-26(3,4)30)23-12-13-24-20(9-7-15-27(23,24)5)10-11-21-16-22(28)17-25(29)19(21)2;2-1(3)7(4,5)6;/h10-11,18,22-25,28-30H,2,6-9,12-17H2,1,3-5H3;1H,(H,4,5,6);/q;;+1/p-1/b20-10+,21-11-;;/t18-,22-,23-,24+,25+,27-;;/m1../s1. The first-order chi connectivity index (χ1) is 17.0. The number of fused-ring (bicyclic) bond motifs is 1. The second-order valence-corrected chi connectivity index (χ2v) is 20.1. The third-order valence-electron chi connectivity index (χ3n) is 8.66. The van der Waals surface area contributed by atoms with Crippen LogP contribution in [0.3, 0.4) is 0 Å². The minimum atomic E-state index is -4.02. The molecular weight excluding hydrogens is 741 g/mol. The molecule has 0 aromatic carbocycles. The van der Waals surface area contributed by atoms with Crippen LogP contribution in [0.1, 0.15) is 91.9 Å². The van der Waals surface area contributed by atoms with E-state index >= 15 is 0 Å². The summed E-state index contributed by atoms with van der Waals surface area (Å²) in [6.45, 7) is 12.8. The SMILES string of the molecule is C=C1/C(=C\C=C2/CCC[C@]3(C)[C@@H]([C@H](C)CCCC(C)(C)O)CC[C@@H]23)C[C@@H](O)C[C@@H]1O.O=S(=O)([O-])C(I)I.[Na+]. The molecule has 0 radical (unpaired) electrons. The van der Waals surface area contributed by atoms with Gasteiger partial charge in [-0.3, -0.25) is 0 Å². The van der Waals surface area contributed by atoms with E-state index in [1.54, 1.807) is 5.57 Å². The molecule has 0 unspecified atom stereocenters. The smallest absolute Gasteiger partial charge is 0.747 e. The second-order valence-electron chi connectivity index (χ2n) is 12.1. The Labute approximate surface area is 279 Å². The Bertz CT molecular complexity index is 959. The first-order valence-corrected chi connectivity index (χ1v) is 17.3. The maximum atomic E-state index is 10.1. The average Bonchev–Trinajstić information content (AvgIpc) is 3.11. The number of alkyl halides is 2. The van der Waals surface area contributed by atoms with Crippen molar-refractivity contribution < 1.29 is 57.8 Å². The molecular formula is C28H45I2NaO6S. The van der Waals surface area contributed by atoms with Crippen LogP contribution in [-0.2, 0) is 10.1 Å². The number of aliphatic hydroxyl groups is 3. The Kier molecular flexibility index (Phi) is 15.6. The molecule has 3 aliphatic rings. The summed E-state index contributed by atoms with van der Waals surface area (Å²) in [4.78, 5) is 0. The number of hydrogen-bond acceptors (Lipinski definition) is 6. The molecule has 0 amide bonds. The van der Waals surface area contributed by atoms with Crippen LogP contribution < -0.4 is 29.6 Å². The van der Waals surface area contributed by atoms with Gasteiger partial charge in [0.2, 0.25) is 0 Å². The molecule has 3 rings (SSSR count). The van der Waals surface area contributed by atoms with E-state index in [-0.39, 0.29) is 29.6 Å². The quantitative estimate of drug-likeness (QED) is 0.158.